The van der Waals surface area contributed by atoms with E-state index in [1.54, 1.807) is 0 Å². The molecular formula is C21H40. The van der Waals surface area contributed by atoms with Gasteiger partial charge < -0.3 is 0 Å². The second kappa shape index (κ2) is 19.5. The molecule has 0 nitrogen and oxygen atoms in total. The van der Waals surface area contributed by atoms with Gasteiger partial charge in [-0.25, -0.2) is 0 Å². The smallest absolute Gasteiger partial charge is 0.0351 e. The minimum absolute atomic E-state index is 1.29. The molecule has 0 radical (unpaired) electrons. The fraction of sp³-hybridized carbons (Fsp3) is 0.810. The standard InChI is InChI=1S/C21H40/c1-3-5-7-9-11-13-15-17-19-21-20-18-16-14-12-10-8-6-4-2/h11-14H,3-10,15-21H2,1-2H3. The molecule has 0 spiro atoms. The van der Waals surface area contributed by atoms with Gasteiger partial charge in [-0.2, -0.15) is 0 Å². The van der Waals surface area contributed by atoms with Crippen molar-refractivity contribution < 1.29 is 0 Å². The molecular weight excluding hydrogens is 252 g/mol. The molecule has 0 bridgehead atoms. The summed E-state index contributed by atoms with van der Waals surface area (Å²) in [5, 5.41) is 0. The van der Waals surface area contributed by atoms with Crippen LogP contribution < -0.4 is 0 Å². The molecule has 0 aromatic rings. The summed E-state index contributed by atoms with van der Waals surface area (Å²) in [6.07, 6.45) is 30.0. The van der Waals surface area contributed by atoms with Crippen LogP contribution in [-0.2, 0) is 0 Å². The maximum absolute atomic E-state index is 2.40. The fourth-order valence-corrected chi connectivity index (χ4v) is 2.55. The molecule has 0 aliphatic rings. The Morgan fingerprint density at radius 3 is 1.00 bits per heavy atom. The van der Waals surface area contributed by atoms with Crippen LogP contribution in [0.15, 0.2) is 24.3 Å². The van der Waals surface area contributed by atoms with Crippen LogP contribution in [0.4, 0.5) is 0 Å². The Kier molecular flexibility index (Phi) is 19.0. The Morgan fingerprint density at radius 1 is 0.381 bits per heavy atom. The lowest BCUT2D eigenvalue weighted by atomic mass is 10.1. The molecule has 124 valence electrons. The highest BCUT2D eigenvalue weighted by atomic mass is 14.0. The zero-order valence-corrected chi connectivity index (χ0v) is 14.9. The maximum atomic E-state index is 2.40. The lowest BCUT2D eigenvalue weighted by Gasteiger charge is -1.98. The molecule has 0 N–H and O–H groups in total. The van der Waals surface area contributed by atoms with E-state index in [1.165, 1.54) is 96.3 Å². The van der Waals surface area contributed by atoms with E-state index in [0.717, 1.165) is 0 Å². The van der Waals surface area contributed by atoms with Crippen molar-refractivity contribution in [2.24, 2.45) is 0 Å². The third kappa shape index (κ3) is 19.5. The number of unbranched alkanes of at least 4 members (excludes halogenated alkanes) is 12. The predicted molar refractivity (Wildman–Crippen MR) is 98.9 cm³/mol. The first kappa shape index (κ1) is 20.5. The molecule has 0 aromatic carbocycles. The third-order valence-electron chi connectivity index (χ3n) is 4.02. The second-order valence-electron chi connectivity index (χ2n) is 6.28. The van der Waals surface area contributed by atoms with Crippen LogP contribution in [0, 0.1) is 0 Å². The summed E-state index contributed by atoms with van der Waals surface area (Å²) >= 11 is 0. The van der Waals surface area contributed by atoms with Crippen LogP contribution >= 0.6 is 0 Å². The van der Waals surface area contributed by atoms with Gasteiger partial charge in [0.15, 0.2) is 0 Å². The van der Waals surface area contributed by atoms with E-state index in [-0.39, 0.29) is 0 Å². The average molecular weight is 293 g/mol. The summed E-state index contributed by atoms with van der Waals surface area (Å²) in [6, 6.07) is 0. The molecule has 0 aliphatic heterocycles. The highest BCUT2D eigenvalue weighted by Crippen LogP contribution is 2.09. The lowest BCUT2D eigenvalue weighted by Crippen LogP contribution is -1.79. The Bertz CT molecular complexity index is 200. The maximum Gasteiger partial charge on any atom is -0.0351 e. The summed E-state index contributed by atoms with van der Waals surface area (Å²) in [6.45, 7) is 4.54. The minimum atomic E-state index is 1.29. The topological polar surface area (TPSA) is 0 Å². The number of allylic oxidation sites excluding steroid dienone is 4. The summed E-state index contributed by atoms with van der Waals surface area (Å²) in [5.41, 5.74) is 0. The fourth-order valence-electron chi connectivity index (χ4n) is 2.55. The quantitative estimate of drug-likeness (QED) is 0.200. The molecule has 21 heavy (non-hydrogen) atoms. The molecule has 0 saturated carbocycles. The first-order valence-electron chi connectivity index (χ1n) is 9.71. The molecule has 0 aliphatic carbocycles. The van der Waals surface area contributed by atoms with E-state index in [9.17, 15) is 0 Å². The van der Waals surface area contributed by atoms with Crippen LogP contribution in [-0.4, -0.2) is 0 Å². The van der Waals surface area contributed by atoms with Crippen LogP contribution in [0.3, 0.4) is 0 Å². The second-order valence-corrected chi connectivity index (χ2v) is 6.28. The Hall–Kier alpha value is -0.520. The monoisotopic (exact) mass is 292 g/mol. The minimum Gasteiger partial charge on any atom is -0.0885 e. The van der Waals surface area contributed by atoms with Gasteiger partial charge in [0.2, 0.25) is 0 Å². The molecule has 0 heterocycles. The molecule has 0 rings (SSSR count). The number of hydrogen-bond acceptors (Lipinski definition) is 0. The van der Waals surface area contributed by atoms with Crippen molar-refractivity contribution in [2.75, 3.05) is 0 Å². The van der Waals surface area contributed by atoms with E-state index >= 15 is 0 Å². The van der Waals surface area contributed by atoms with Gasteiger partial charge in [-0.05, 0) is 51.4 Å². The average Bonchev–Trinajstić information content (AvgIpc) is 2.50. The summed E-state index contributed by atoms with van der Waals surface area (Å²) in [7, 11) is 0. The van der Waals surface area contributed by atoms with Gasteiger partial charge in [-0.15, -0.1) is 0 Å². The Balaban J connectivity index is 3.08. The van der Waals surface area contributed by atoms with Crippen molar-refractivity contribution >= 4 is 0 Å². The highest BCUT2D eigenvalue weighted by Gasteiger charge is 1.89. The van der Waals surface area contributed by atoms with E-state index in [4.69, 9.17) is 0 Å². The van der Waals surface area contributed by atoms with Gasteiger partial charge >= 0.3 is 0 Å². The van der Waals surface area contributed by atoms with Crippen molar-refractivity contribution in [3.8, 4) is 0 Å². The van der Waals surface area contributed by atoms with Crippen molar-refractivity contribution in [3.63, 3.8) is 0 Å². The van der Waals surface area contributed by atoms with Crippen molar-refractivity contribution in [3.05, 3.63) is 24.3 Å². The highest BCUT2D eigenvalue weighted by molar-refractivity contribution is 4.82. The summed E-state index contributed by atoms with van der Waals surface area (Å²) in [4.78, 5) is 0. The van der Waals surface area contributed by atoms with Gasteiger partial charge in [0.1, 0.15) is 0 Å². The van der Waals surface area contributed by atoms with Gasteiger partial charge in [0.05, 0.1) is 0 Å². The Labute approximate surface area is 135 Å². The van der Waals surface area contributed by atoms with E-state index < -0.39 is 0 Å². The van der Waals surface area contributed by atoms with Crippen LogP contribution in [0.2, 0.25) is 0 Å². The van der Waals surface area contributed by atoms with Gasteiger partial charge in [0.25, 0.3) is 0 Å². The largest absolute Gasteiger partial charge is 0.0885 e. The Morgan fingerprint density at radius 2 is 0.667 bits per heavy atom. The third-order valence-corrected chi connectivity index (χ3v) is 4.02. The van der Waals surface area contributed by atoms with E-state index in [0.29, 0.717) is 0 Å². The molecule has 0 amide bonds. The van der Waals surface area contributed by atoms with Crippen molar-refractivity contribution in [2.45, 2.75) is 110 Å². The summed E-state index contributed by atoms with van der Waals surface area (Å²) in [5.74, 6) is 0. The molecule has 0 fully saturated rings. The normalized spacial score (nSPS) is 11.9. The molecule has 0 unspecified atom stereocenters. The van der Waals surface area contributed by atoms with Crippen LogP contribution in [0.25, 0.3) is 0 Å². The lowest BCUT2D eigenvalue weighted by molar-refractivity contribution is 0.620. The molecule has 0 heteroatoms. The zero-order chi connectivity index (χ0) is 15.4. The van der Waals surface area contributed by atoms with Gasteiger partial charge in [0, 0.05) is 0 Å². The van der Waals surface area contributed by atoms with E-state index in [1.807, 2.05) is 0 Å². The molecule has 0 saturated heterocycles. The van der Waals surface area contributed by atoms with Crippen LogP contribution in [0.5, 0.6) is 0 Å². The number of rotatable bonds is 16. The van der Waals surface area contributed by atoms with E-state index in [2.05, 4.69) is 38.2 Å². The molecule has 0 aromatic heterocycles. The zero-order valence-electron chi connectivity index (χ0n) is 14.9. The van der Waals surface area contributed by atoms with Gasteiger partial charge in [-0.1, -0.05) is 83.1 Å². The predicted octanol–water partition coefficient (Wildman–Crippen LogP) is 7.99. The van der Waals surface area contributed by atoms with Gasteiger partial charge in [-0.3, -0.25) is 0 Å². The molecule has 0 atom stereocenters. The van der Waals surface area contributed by atoms with Crippen molar-refractivity contribution in [1.82, 2.24) is 0 Å². The summed E-state index contributed by atoms with van der Waals surface area (Å²) < 4.78 is 0. The number of hydrogen-bond donors (Lipinski definition) is 0. The first-order chi connectivity index (χ1) is 10.4. The van der Waals surface area contributed by atoms with Crippen LogP contribution in [0.1, 0.15) is 110 Å². The SMILES string of the molecule is CCCCCC=CCCCCCCCC=CCCCCC. The van der Waals surface area contributed by atoms with Crippen molar-refractivity contribution in [1.29, 1.82) is 0 Å². The first-order valence-corrected chi connectivity index (χ1v) is 9.71.